The molecule has 2 rings (SSSR count). The predicted molar refractivity (Wildman–Crippen MR) is 58.2 cm³/mol. The first-order chi connectivity index (χ1) is 7.64. The van der Waals surface area contributed by atoms with Crippen molar-refractivity contribution in [1.82, 2.24) is 4.98 Å². The molecule has 1 unspecified atom stereocenters. The van der Waals surface area contributed by atoms with Gasteiger partial charge in [0.1, 0.15) is 0 Å². The molecule has 1 fully saturated rings. The van der Waals surface area contributed by atoms with Gasteiger partial charge in [0, 0.05) is 24.9 Å². The minimum absolute atomic E-state index is 0.290. The largest absolute Gasteiger partial charge is 0.481 e. The number of aromatic nitrogens is 1. The van der Waals surface area contributed by atoms with Gasteiger partial charge in [0.25, 0.3) is 0 Å². The number of aliphatic carboxylic acids is 1. The third kappa shape index (κ3) is 1.93. The highest BCUT2D eigenvalue weighted by molar-refractivity contribution is 5.75. The van der Waals surface area contributed by atoms with Crippen LogP contribution in [-0.4, -0.2) is 29.3 Å². The lowest BCUT2D eigenvalue weighted by Crippen LogP contribution is -2.34. The summed E-state index contributed by atoms with van der Waals surface area (Å²) >= 11 is 0. The van der Waals surface area contributed by atoms with E-state index in [-0.39, 0.29) is 0 Å². The maximum absolute atomic E-state index is 11.3. The molecule has 0 aliphatic carbocycles. The number of carboxylic acids is 1. The van der Waals surface area contributed by atoms with Gasteiger partial charge in [0.15, 0.2) is 0 Å². The molecule has 86 valence electrons. The van der Waals surface area contributed by atoms with Crippen LogP contribution in [0.1, 0.15) is 17.7 Å². The van der Waals surface area contributed by atoms with Gasteiger partial charge < -0.3 is 9.84 Å². The second-order valence-corrected chi connectivity index (χ2v) is 4.33. The van der Waals surface area contributed by atoms with E-state index in [0.717, 1.165) is 11.3 Å². The van der Waals surface area contributed by atoms with E-state index >= 15 is 0 Å². The summed E-state index contributed by atoms with van der Waals surface area (Å²) in [7, 11) is 0. The van der Waals surface area contributed by atoms with Gasteiger partial charge in [-0.05, 0) is 25.0 Å². The average molecular weight is 221 g/mol. The highest BCUT2D eigenvalue weighted by atomic mass is 16.5. The first kappa shape index (κ1) is 11.1. The van der Waals surface area contributed by atoms with Crippen LogP contribution in [0.3, 0.4) is 0 Å². The van der Waals surface area contributed by atoms with Crippen molar-refractivity contribution >= 4 is 5.97 Å². The number of carbonyl (C=O) groups is 1. The Morgan fingerprint density at radius 3 is 3.06 bits per heavy atom. The van der Waals surface area contributed by atoms with E-state index < -0.39 is 11.4 Å². The van der Waals surface area contributed by atoms with Crippen LogP contribution in [0.2, 0.25) is 0 Å². The Kier molecular flexibility index (Phi) is 2.92. The maximum atomic E-state index is 11.3. The number of rotatable bonds is 3. The van der Waals surface area contributed by atoms with Gasteiger partial charge in [-0.3, -0.25) is 9.78 Å². The zero-order chi connectivity index (χ0) is 11.6. The molecule has 0 bridgehead atoms. The molecular formula is C12H15NO3. The van der Waals surface area contributed by atoms with E-state index in [1.165, 1.54) is 0 Å². The second-order valence-electron chi connectivity index (χ2n) is 4.33. The first-order valence-corrected chi connectivity index (χ1v) is 5.36. The molecule has 1 aliphatic heterocycles. The Labute approximate surface area is 94.3 Å². The number of carboxylic acid groups (broad SMARTS) is 1. The summed E-state index contributed by atoms with van der Waals surface area (Å²) in [6.45, 7) is 2.77. The van der Waals surface area contributed by atoms with Crippen LogP contribution in [0.4, 0.5) is 0 Å². The van der Waals surface area contributed by atoms with E-state index in [1.807, 2.05) is 19.1 Å². The van der Waals surface area contributed by atoms with Crippen LogP contribution in [0.15, 0.2) is 18.3 Å². The molecule has 0 aromatic carbocycles. The highest BCUT2D eigenvalue weighted by Gasteiger charge is 2.43. The Balaban J connectivity index is 2.25. The minimum Gasteiger partial charge on any atom is -0.481 e. The van der Waals surface area contributed by atoms with Crippen LogP contribution in [0.25, 0.3) is 0 Å². The Morgan fingerprint density at radius 2 is 2.50 bits per heavy atom. The lowest BCUT2D eigenvalue weighted by molar-refractivity contribution is -0.148. The average Bonchev–Trinajstić information content (AvgIpc) is 2.71. The topological polar surface area (TPSA) is 59.4 Å². The van der Waals surface area contributed by atoms with Crippen LogP contribution in [0, 0.1) is 12.3 Å². The smallest absolute Gasteiger partial charge is 0.312 e. The Hall–Kier alpha value is -1.42. The lowest BCUT2D eigenvalue weighted by atomic mass is 9.82. The molecule has 2 heterocycles. The van der Waals surface area contributed by atoms with Crippen molar-refractivity contribution in [2.24, 2.45) is 5.41 Å². The molecule has 1 saturated heterocycles. The van der Waals surface area contributed by atoms with Crippen molar-refractivity contribution < 1.29 is 14.6 Å². The standard InChI is InChI=1S/C12H15NO3/c1-9-3-2-5-13-10(9)7-12(11(14)15)4-6-16-8-12/h2-3,5H,4,6-8H2,1H3,(H,14,15). The lowest BCUT2D eigenvalue weighted by Gasteiger charge is -2.22. The molecule has 0 radical (unpaired) electrons. The zero-order valence-corrected chi connectivity index (χ0v) is 9.27. The molecule has 1 N–H and O–H groups in total. The van der Waals surface area contributed by atoms with Gasteiger partial charge >= 0.3 is 5.97 Å². The molecule has 0 spiro atoms. The summed E-state index contributed by atoms with van der Waals surface area (Å²) < 4.78 is 5.23. The summed E-state index contributed by atoms with van der Waals surface area (Å²) in [6.07, 6.45) is 2.72. The summed E-state index contributed by atoms with van der Waals surface area (Å²) in [6, 6.07) is 3.81. The van der Waals surface area contributed by atoms with Crippen LogP contribution in [-0.2, 0) is 16.0 Å². The van der Waals surface area contributed by atoms with Crippen molar-refractivity contribution in [1.29, 1.82) is 0 Å². The number of aryl methyl sites for hydroxylation is 1. The third-order valence-electron chi connectivity index (χ3n) is 3.18. The normalized spacial score (nSPS) is 24.6. The number of nitrogens with zero attached hydrogens (tertiary/aromatic N) is 1. The summed E-state index contributed by atoms with van der Waals surface area (Å²) in [4.78, 5) is 15.6. The molecule has 1 aromatic heterocycles. The van der Waals surface area contributed by atoms with Gasteiger partial charge in [-0.1, -0.05) is 6.07 Å². The third-order valence-corrected chi connectivity index (χ3v) is 3.18. The van der Waals surface area contributed by atoms with Crippen LogP contribution < -0.4 is 0 Å². The van der Waals surface area contributed by atoms with Crippen molar-refractivity contribution in [3.63, 3.8) is 0 Å². The first-order valence-electron chi connectivity index (χ1n) is 5.36. The van der Waals surface area contributed by atoms with Gasteiger partial charge in [-0.25, -0.2) is 0 Å². The van der Waals surface area contributed by atoms with E-state index in [4.69, 9.17) is 4.74 Å². The molecule has 1 atom stereocenters. The number of pyridine rings is 1. The molecule has 0 saturated carbocycles. The van der Waals surface area contributed by atoms with Crippen molar-refractivity contribution in [2.45, 2.75) is 19.8 Å². The summed E-state index contributed by atoms with van der Waals surface area (Å²) in [5.41, 5.74) is 1.12. The van der Waals surface area contributed by atoms with Gasteiger partial charge in [-0.15, -0.1) is 0 Å². The van der Waals surface area contributed by atoms with Crippen molar-refractivity contribution in [2.75, 3.05) is 13.2 Å². The number of ether oxygens (including phenoxy) is 1. The summed E-state index contributed by atoms with van der Waals surface area (Å²) in [5.74, 6) is -0.782. The fourth-order valence-electron chi connectivity index (χ4n) is 2.01. The summed E-state index contributed by atoms with van der Waals surface area (Å²) in [5, 5.41) is 9.31. The van der Waals surface area contributed by atoms with E-state index in [9.17, 15) is 9.90 Å². The fraction of sp³-hybridized carbons (Fsp3) is 0.500. The van der Waals surface area contributed by atoms with Crippen LogP contribution in [0.5, 0.6) is 0 Å². The molecule has 0 amide bonds. The van der Waals surface area contributed by atoms with E-state index in [0.29, 0.717) is 26.1 Å². The Bertz CT molecular complexity index is 397. The monoisotopic (exact) mass is 221 g/mol. The fourth-order valence-corrected chi connectivity index (χ4v) is 2.01. The number of hydrogen-bond donors (Lipinski definition) is 1. The number of hydrogen-bond acceptors (Lipinski definition) is 3. The van der Waals surface area contributed by atoms with E-state index in [2.05, 4.69) is 4.98 Å². The Morgan fingerprint density at radius 1 is 1.69 bits per heavy atom. The van der Waals surface area contributed by atoms with Crippen molar-refractivity contribution in [3.8, 4) is 0 Å². The highest BCUT2D eigenvalue weighted by Crippen LogP contribution is 2.33. The van der Waals surface area contributed by atoms with Gasteiger partial charge in [0.2, 0.25) is 0 Å². The molecule has 4 heteroatoms. The second kappa shape index (κ2) is 4.22. The minimum atomic E-state index is -0.782. The van der Waals surface area contributed by atoms with Crippen LogP contribution >= 0.6 is 0 Å². The SMILES string of the molecule is Cc1cccnc1CC1(C(=O)O)CCOC1. The predicted octanol–water partition coefficient (Wildman–Crippen LogP) is 1.42. The zero-order valence-electron chi connectivity index (χ0n) is 9.27. The van der Waals surface area contributed by atoms with Gasteiger partial charge in [0.05, 0.1) is 12.0 Å². The maximum Gasteiger partial charge on any atom is 0.312 e. The molecule has 1 aliphatic rings. The quantitative estimate of drug-likeness (QED) is 0.838. The molecular weight excluding hydrogens is 206 g/mol. The van der Waals surface area contributed by atoms with E-state index in [1.54, 1.807) is 6.20 Å². The molecule has 1 aromatic rings. The van der Waals surface area contributed by atoms with Crippen molar-refractivity contribution in [3.05, 3.63) is 29.6 Å². The van der Waals surface area contributed by atoms with Gasteiger partial charge in [-0.2, -0.15) is 0 Å². The molecule has 16 heavy (non-hydrogen) atoms. The molecule has 4 nitrogen and oxygen atoms in total.